The van der Waals surface area contributed by atoms with Crippen molar-refractivity contribution >= 4 is 17.8 Å². The summed E-state index contributed by atoms with van der Waals surface area (Å²) in [6, 6.07) is 6.68. The van der Waals surface area contributed by atoms with Crippen LogP contribution in [0.3, 0.4) is 0 Å². The molecule has 0 atom stereocenters. The van der Waals surface area contributed by atoms with E-state index in [-0.39, 0.29) is 43.8 Å². The molecule has 0 bridgehead atoms. The summed E-state index contributed by atoms with van der Waals surface area (Å²) < 4.78 is 10.0. The van der Waals surface area contributed by atoms with E-state index in [0.717, 1.165) is 4.90 Å². The van der Waals surface area contributed by atoms with Crippen LogP contribution in [0.1, 0.15) is 27.6 Å². The van der Waals surface area contributed by atoms with Crippen molar-refractivity contribution in [2.75, 3.05) is 26.4 Å². The van der Waals surface area contributed by atoms with Crippen LogP contribution in [0.2, 0.25) is 0 Å². The van der Waals surface area contributed by atoms with E-state index >= 15 is 0 Å². The van der Waals surface area contributed by atoms with E-state index in [1.807, 2.05) is 0 Å². The minimum Gasteiger partial charge on any atom is -0.463 e. The predicted molar refractivity (Wildman–Crippen MR) is 78.4 cm³/mol. The molecule has 0 unspecified atom stereocenters. The lowest BCUT2D eigenvalue weighted by atomic mass is 10.1. The zero-order valence-corrected chi connectivity index (χ0v) is 12.3. The van der Waals surface area contributed by atoms with Gasteiger partial charge < -0.3 is 9.47 Å². The maximum atomic E-state index is 12.1. The van der Waals surface area contributed by atoms with Crippen molar-refractivity contribution in [1.82, 2.24) is 4.90 Å². The molecule has 0 saturated carbocycles. The first-order chi connectivity index (χ1) is 10.6. The Labute approximate surface area is 128 Å². The average Bonchev–Trinajstić information content (AvgIpc) is 2.76. The van der Waals surface area contributed by atoms with Crippen molar-refractivity contribution in [3.05, 3.63) is 47.5 Å². The van der Waals surface area contributed by atoms with E-state index in [1.54, 1.807) is 31.2 Å². The van der Waals surface area contributed by atoms with Crippen LogP contribution in [0.5, 0.6) is 0 Å². The molecule has 1 aliphatic heterocycles. The van der Waals surface area contributed by atoms with Crippen LogP contribution >= 0.6 is 0 Å². The highest BCUT2D eigenvalue weighted by Crippen LogP contribution is 2.21. The molecule has 116 valence electrons. The maximum absolute atomic E-state index is 12.1. The third-order valence-electron chi connectivity index (χ3n) is 3.18. The number of ether oxygens (including phenoxy) is 2. The Balaban J connectivity index is 1.82. The zero-order chi connectivity index (χ0) is 16.1. The van der Waals surface area contributed by atoms with Crippen LogP contribution in [-0.2, 0) is 14.3 Å². The van der Waals surface area contributed by atoms with E-state index in [4.69, 9.17) is 9.47 Å². The number of carbonyl (C=O) groups is 3. The minimum absolute atomic E-state index is 0.00199. The van der Waals surface area contributed by atoms with Gasteiger partial charge in [0, 0.05) is 0 Å². The number of imide groups is 1. The number of esters is 1. The molecule has 0 saturated heterocycles. The zero-order valence-electron chi connectivity index (χ0n) is 12.3. The van der Waals surface area contributed by atoms with Crippen molar-refractivity contribution in [3.63, 3.8) is 0 Å². The monoisotopic (exact) mass is 303 g/mol. The Kier molecular flexibility index (Phi) is 5.06. The van der Waals surface area contributed by atoms with E-state index in [2.05, 4.69) is 6.58 Å². The molecule has 2 rings (SSSR count). The number of nitrogens with zero attached hydrogens (tertiary/aromatic N) is 1. The quantitative estimate of drug-likeness (QED) is 0.330. The van der Waals surface area contributed by atoms with E-state index in [0.29, 0.717) is 11.1 Å². The molecule has 0 aliphatic carbocycles. The summed E-state index contributed by atoms with van der Waals surface area (Å²) in [5.74, 6) is -1.16. The van der Waals surface area contributed by atoms with E-state index in [1.165, 1.54) is 0 Å². The van der Waals surface area contributed by atoms with Gasteiger partial charge >= 0.3 is 5.97 Å². The van der Waals surface area contributed by atoms with Crippen LogP contribution in [0.15, 0.2) is 36.4 Å². The second kappa shape index (κ2) is 7.00. The molecule has 0 aromatic heterocycles. The van der Waals surface area contributed by atoms with Crippen molar-refractivity contribution in [3.8, 4) is 0 Å². The van der Waals surface area contributed by atoms with Crippen molar-refractivity contribution in [2.24, 2.45) is 0 Å². The highest BCUT2D eigenvalue weighted by atomic mass is 16.5. The van der Waals surface area contributed by atoms with Gasteiger partial charge in [0.25, 0.3) is 11.8 Å². The summed E-state index contributed by atoms with van der Waals surface area (Å²) in [7, 11) is 0. The third kappa shape index (κ3) is 3.23. The number of rotatable bonds is 7. The topological polar surface area (TPSA) is 72.9 Å². The number of hydrogen-bond donors (Lipinski definition) is 0. The molecule has 1 aromatic rings. The Morgan fingerprint density at radius 2 is 1.77 bits per heavy atom. The summed E-state index contributed by atoms with van der Waals surface area (Å²) in [6.07, 6.45) is 0. The van der Waals surface area contributed by atoms with Gasteiger partial charge in [-0.2, -0.15) is 0 Å². The second-order valence-electron chi connectivity index (χ2n) is 4.68. The molecule has 1 heterocycles. The summed E-state index contributed by atoms with van der Waals surface area (Å²) >= 11 is 0. The molecular formula is C16H17NO5. The lowest BCUT2D eigenvalue weighted by Crippen LogP contribution is -2.33. The first-order valence-corrected chi connectivity index (χ1v) is 6.94. The fourth-order valence-corrected chi connectivity index (χ4v) is 2.09. The first-order valence-electron chi connectivity index (χ1n) is 6.94. The first kappa shape index (κ1) is 15.9. The molecular weight excluding hydrogens is 286 g/mol. The molecule has 0 spiro atoms. The number of carbonyl (C=O) groups excluding carboxylic acids is 3. The van der Waals surface area contributed by atoms with Gasteiger partial charge in [0.1, 0.15) is 0 Å². The maximum Gasteiger partial charge on any atom is 0.335 e. The number of hydrogen-bond acceptors (Lipinski definition) is 5. The smallest absolute Gasteiger partial charge is 0.335 e. The standard InChI is InChI=1S/C16H17NO5/c1-3-22-16(20)11(2)10-21-9-8-17-14(18)12-6-4-5-7-13(12)15(17)19/h4-7H,2-3,8-10H2,1H3. The van der Waals surface area contributed by atoms with Gasteiger partial charge in [0.15, 0.2) is 0 Å². The van der Waals surface area contributed by atoms with Crippen LogP contribution in [0, 0.1) is 0 Å². The van der Waals surface area contributed by atoms with E-state index in [9.17, 15) is 14.4 Å². The Hall–Kier alpha value is -2.47. The largest absolute Gasteiger partial charge is 0.463 e. The molecule has 0 radical (unpaired) electrons. The highest BCUT2D eigenvalue weighted by Gasteiger charge is 2.34. The highest BCUT2D eigenvalue weighted by molar-refractivity contribution is 6.21. The summed E-state index contributed by atoms with van der Waals surface area (Å²) in [5.41, 5.74) is 1.01. The Morgan fingerprint density at radius 1 is 1.18 bits per heavy atom. The molecule has 6 nitrogen and oxygen atoms in total. The van der Waals surface area contributed by atoms with Gasteiger partial charge in [-0.3, -0.25) is 14.5 Å². The normalized spacial score (nSPS) is 13.2. The van der Waals surface area contributed by atoms with Gasteiger partial charge in [-0.25, -0.2) is 4.79 Å². The summed E-state index contributed by atoms with van der Waals surface area (Å²) in [5, 5.41) is 0. The third-order valence-corrected chi connectivity index (χ3v) is 3.18. The molecule has 1 aliphatic rings. The van der Waals surface area contributed by atoms with Crippen LogP contribution in [0.4, 0.5) is 0 Å². The lowest BCUT2D eigenvalue weighted by molar-refractivity contribution is -0.139. The van der Waals surface area contributed by atoms with E-state index < -0.39 is 5.97 Å². The van der Waals surface area contributed by atoms with Crippen molar-refractivity contribution in [1.29, 1.82) is 0 Å². The Bertz CT molecular complexity index is 588. The molecule has 22 heavy (non-hydrogen) atoms. The van der Waals surface area contributed by atoms with Crippen LogP contribution in [-0.4, -0.2) is 49.0 Å². The Morgan fingerprint density at radius 3 is 2.32 bits per heavy atom. The summed E-state index contributed by atoms with van der Waals surface area (Å²) in [6.45, 7) is 5.79. The second-order valence-corrected chi connectivity index (χ2v) is 4.68. The van der Waals surface area contributed by atoms with Gasteiger partial charge in [-0.05, 0) is 19.1 Å². The number of fused-ring (bicyclic) bond motifs is 1. The van der Waals surface area contributed by atoms with Crippen molar-refractivity contribution in [2.45, 2.75) is 6.92 Å². The van der Waals surface area contributed by atoms with Gasteiger partial charge in [0.05, 0.1) is 43.1 Å². The fraction of sp³-hybridized carbons (Fsp3) is 0.312. The molecule has 0 N–H and O–H groups in total. The molecule has 2 amide bonds. The van der Waals surface area contributed by atoms with Crippen LogP contribution in [0.25, 0.3) is 0 Å². The molecule has 0 fully saturated rings. The lowest BCUT2D eigenvalue weighted by Gasteiger charge is -2.14. The number of amides is 2. The number of benzene rings is 1. The van der Waals surface area contributed by atoms with Gasteiger partial charge in [-0.15, -0.1) is 0 Å². The van der Waals surface area contributed by atoms with Crippen molar-refractivity contribution < 1.29 is 23.9 Å². The summed E-state index contributed by atoms with van der Waals surface area (Å²) in [4.78, 5) is 36.6. The fourth-order valence-electron chi connectivity index (χ4n) is 2.09. The molecule has 6 heteroatoms. The minimum atomic E-state index is -0.511. The molecule has 1 aromatic carbocycles. The SMILES string of the molecule is C=C(COCCN1C(=O)c2ccccc2C1=O)C(=O)OCC. The van der Waals surface area contributed by atoms with Gasteiger partial charge in [-0.1, -0.05) is 18.7 Å². The average molecular weight is 303 g/mol. The van der Waals surface area contributed by atoms with Crippen LogP contribution < -0.4 is 0 Å². The van der Waals surface area contributed by atoms with Gasteiger partial charge in [0.2, 0.25) is 0 Å². The predicted octanol–water partition coefficient (Wildman–Crippen LogP) is 1.42.